The van der Waals surface area contributed by atoms with Gasteiger partial charge in [0.2, 0.25) is 12.3 Å². The van der Waals surface area contributed by atoms with Crippen molar-refractivity contribution in [3.63, 3.8) is 0 Å². The Bertz CT molecular complexity index is 2130. The number of halogens is 3. The molecule has 0 aliphatic carbocycles. The Morgan fingerprint density at radius 2 is 1.48 bits per heavy atom. The van der Waals surface area contributed by atoms with Crippen LogP contribution in [-0.4, -0.2) is 29.3 Å². The van der Waals surface area contributed by atoms with Gasteiger partial charge >= 0.3 is 6.18 Å². The second-order valence-electron chi connectivity index (χ2n) is 11.7. The number of aryl methyl sites for hydroxylation is 1. The number of anilines is 2. The zero-order chi connectivity index (χ0) is 35.3. The van der Waals surface area contributed by atoms with Gasteiger partial charge in [-0.25, -0.2) is 0 Å². The molecule has 6 aromatic rings. The summed E-state index contributed by atoms with van der Waals surface area (Å²) in [6.45, 7) is 0.371. The Kier molecular flexibility index (Phi) is 9.80. The van der Waals surface area contributed by atoms with Crippen LogP contribution in [-0.2, 0) is 29.2 Å². The Morgan fingerprint density at radius 3 is 2.14 bits per heavy atom. The van der Waals surface area contributed by atoms with E-state index in [0.717, 1.165) is 16.5 Å². The molecular formula is C40H33F3N4O3. The number of hydrogen-bond acceptors (Lipinski definition) is 3. The van der Waals surface area contributed by atoms with Gasteiger partial charge in [0.05, 0.1) is 11.3 Å². The van der Waals surface area contributed by atoms with Crippen LogP contribution in [0.1, 0.15) is 33.2 Å². The van der Waals surface area contributed by atoms with Crippen LogP contribution >= 0.6 is 0 Å². The Hall–Kier alpha value is -6.16. The molecule has 3 amide bonds. The van der Waals surface area contributed by atoms with Crippen LogP contribution in [0, 0.1) is 0 Å². The lowest BCUT2D eigenvalue weighted by Crippen LogP contribution is -2.41. The first-order chi connectivity index (χ1) is 24.2. The third-order valence-electron chi connectivity index (χ3n) is 8.54. The first kappa shape index (κ1) is 33.7. The third kappa shape index (κ3) is 7.14. The van der Waals surface area contributed by atoms with E-state index < -0.39 is 23.7 Å². The van der Waals surface area contributed by atoms with Crippen molar-refractivity contribution in [1.82, 2.24) is 15.2 Å². The third-order valence-corrected chi connectivity index (χ3v) is 8.54. The van der Waals surface area contributed by atoms with Crippen LogP contribution in [0.4, 0.5) is 24.5 Å². The van der Waals surface area contributed by atoms with Gasteiger partial charge in [0.1, 0.15) is 11.7 Å². The zero-order valence-electron chi connectivity index (χ0n) is 27.0. The molecule has 0 radical (unpaired) electrons. The van der Waals surface area contributed by atoms with Crippen LogP contribution in [0.2, 0.25) is 0 Å². The maximum absolute atomic E-state index is 14.4. The number of nitrogens with one attached hydrogen (secondary N) is 2. The summed E-state index contributed by atoms with van der Waals surface area (Å²) in [5.74, 6) is -0.904. The van der Waals surface area contributed by atoms with Crippen LogP contribution in [0.25, 0.3) is 22.0 Å². The molecule has 0 fully saturated rings. The van der Waals surface area contributed by atoms with E-state index in [9.17, 15) is 27.6 Å². The Balaban J connectivity index is 1.31. The summed E-state index contributed by atoms with van der Waals surface area (Å²) >= 11 is 0. The van der Waals surface area contributed by atoms with Crippen LogP contribution in [0.3, 0.4) is 0 Å². The first-order valence-corrected chi connectivity index (χ1v) is 15.9. The second-order valence-corrected chi connectivity index (χ2v) is 11.7. The van der Waals surface area contributed by atoms with Crippen molar-refractivity contribution in [2.75, 3.05) is 11.4 Å². The van der Waals surface area contributed by atoms with Crippen LogP contribution in [0.15, 0.2) is 133 Å². The molecule has 7 nitrogen and oxygen atoms in total. The Morgan fingerprint density at radius 1 is 0.820 bits per heavy atom. The molecule has 252 valence electrons. The highest BCUT2D eigenvalue weighted by molar-refractivity contribution is 6.03. The molecule has 0 aliphatic heterocycles. The standard InChI is InChI=1S/C40H33F3N4O3/c1-46-34-21-20-31(47(26-48)37-32(28-14-7-3-8-15-28)18-11-19-33(37)40(41,42)43)24-30(34)25-35(46)38(49)45-36(29-16-9-4-10-17-29)39(50)44-23-22-27-12-5-2-6-13-27/h2-21,24-26,36H,22-23H2,1H3,(H,44,50)(H,45,49)/t36-/m0/s1. The Labute approximate surface area is 287 Å². The van der Waals surface area contributed by atoms with Crippen LogP contribution < -0.4 is 15.5 Å². The quantitative estimate of drug-likeness (QED) is 0.137. The van der Waals surface area contributed by atoms with Gasteiger partial charge in [-0.15, -0.1) is 0 Å². The number of aromatic nitrogens is 1. The van der Waals surface area contributed by atoms with Crippen LogP contribution in [0.5, 0.6) is 0 Å². The van der Waals surface area contributed by atoms with Crippen molar-refractivity contribution in [2.24, 2.45) is 7.05 Å². The molecule has 10 heteroatoms. The highest BCUT2D eigenvalue weighted by Gasteiger charge is 2.37. The predicted octanol–water partition coefficient (Wildman–Crippen LogP) is 7.99. The number of carbonyl (C=O) groups excluding carboxylic acids is 3. The highest BCUT2D eigenvalue weighted by Crippen LogP contribution is 2.44. The van der Waals surface area contributed by atoms with E-state index in [1.807, 2.05) is 36.4 Å². The lowest BCUT2D eigenvalue weighted by Gasteiger charge is -2.25. The van der Waals surface area contributed by atoms with Gasteiger partial charge in [-0.2, -0.15) is 13.2 Å². The number of hydrogen-bond donors (Lipinski definition) is 2. The fourth-order valence-corrected chi connectivity index (χ4v) is 6.06. The topological polar surface area (TPSA) is 83.4 Å². The minimum atomic E-state index is -4.74. The number of carbonyl (C=O) groups is 3. The van der Waals surface area contributed by atoms with Crippen molar-refractivity contribution in [3.8, 4) is 11.1 Å². The van der Waals surface area contributed by atoms with Gasteiger partial charge in [0, 0.05) is 35.7 Å². The van der Waals surface area contributed by atoms with Crippen molar-refractivity contribution in [1.29, 1.82) is 0 Å². The maximum Gasteiger partial charge on any atom is 0.418 e. The molecule has 1 heterocycles. The van der Waals surface area contributed by atoms with E-state index in [2.05, 4.69) is 10.6 Å². The summed E-state index contributed by atoms with van der Waals surface area (Å²) in [6.07, 6.45) is -3.77. The number of alkyl halides is 3. The van der Waals surface area contributed by atoms with Gasteiger partial charge in [0.15, 0.2) is 0 Å². The second kappa shape index (κ2) is 14.5. The van der Waals surface area contributed by atoms with E-state index in [0.29, 0.717) is 41.4 Å². The molecule has 2 N–H and O–H groups in total. The largest absolute Gasteiger partial charge is 0.418 e. The monoisotopic (exact) mass is 674 g/mol. The molecule has 0 bridgehead atoms. The van der Waals surface area contributed by atoms with Gasteiger partial charge in [-0.3, -0.25) is 19.3 Å². The summed E-state index contributed by atoms with van der Waals surface area (Å²) in [7, 11) is 1.68. The van der Waals surface area contributed by atoms with Gasteiger partial charge in [-0.1, -0.05) is 103 Å². The molecule has 0 saturated carbocycles. The van der Waals surface area contributed by atoms with Crippen molar-refractivity contribution in [3.05, 3.63) is 156 Å². The van der Waals surface area contributed by atoms with Crippen molar-refractivity contribution in [2.45, 2.75) is 18.6 Å². The van der Waals surface area contributed by atoms with E-state index in [4.69, 9.17) is 0 Å². The molecule has 0 unspecified atom stereocenters. The molecular weight excluding hydrogens is 641 g/mol. The average molecular weight is 675 g/mol. The van der Waals surface area contributed by atoms with Gasteiger partial charge in [-0.05, 0) is 53.4 Å². The fourth-order valence-electron chi connectivity index (χ4n) is 6.06. The van der Waals surface area contributed by atoms with Gasteiger partial charge in [0.25, 0.3) is 5.91 Å². The lowest BCUT2D eigenvalue weighted by atomic mass is 9.98. The molecule has 0 aliphatic rings. The maximum atomic E-state index is 14.4. The summed E-state index contributed by atoms with van der Waals surface area (Å²) in [6, 6.07) is 36.3. The average Bonchev–Trinajstić information content (AvgIpc) is 3.47. The summed E-state index contributed by atoms with van der Waals surface area (Å²) in [5.41, 5.74) is 2.12. The number of fused-ring (bicyclic) bond motifs is 1. The number of rotatable bonds is 11. The summed E-state index contributed by atoms with van der Waals surface area (Å²) in [5, 5.41) is 6.29. The number of para-hydroxylation sites is 1. The molecule has 6 rings (SSSR count). The highest BCUT2D eigenvalue weighted by atomic mass is 19.4. The molecule has 0 saturated heterocycles. The minimum Gasteiger partial charge on any atom is -0.354 e. The van der Waals surface area contributed by atoms with E-state index in [-0.39, 0.29) is 28.5 Å². The lowest BCUT2D eigenvalue weighted by molar-refractivity contribution is -0.137. The first-order valence-electron chi connectivity index (χ1n) is 15.9. The smallest absolute Gasteiger partial charge is 0.354 e. The zero-order valence-corrected chi connectivity index (χ0v) is 27.0. The number of nitrogens with zero attached hydrogens (tertiary/aromatic N) is 2. The minimum absolute atomic E-state index is 0.180. The van der Waals surface area contributed by atoms with E-state index in [1.54, 1.807) is 90.5 Å². The molecule has 1 aromatic heterocycles. The molecule has 50 heavy (non-hydrogen) atoms. The summed E-state index contributed by atoms with van der Waals surface area (Å²) < 4.78 is 44.7. The SMILES string of the molecule is Cn1c(C(=O)N[C@H](C(=O)NCCc2ccccc2)c2ccccc2)cc2cc(N(C=O)c3c(-c4ccccc4)cccc3C(F)(F)F)ccc21. The predicted molar refractivity (Wildman–Crippen MR) is 188 cm³/mol. The van der Waals surface area contributed by atoms with Crippen molar-refractivity contribution < 1.29 is 27.6 Å². The van der Waals surface area contributed by atoms with E-state index >= 15 is 0 Å². The number of benzene rings is 5. The molecule has 5 aromatic carbocycles. The van der Waals surface area contributed by atoms with Gasteiger partial charge < -0.3 is 15.2 Å². The molecule has 0 spiro atoms. The normalized spacial score (nSPS) is 11.9. The fraction of sp³-hybridized carbons (Fsp3) is 0.125. The molecule has 1 atom stereocenters. The van der Waals surface area contributed by atoms with Crippen molar-refractivity contribution >= 4 is 40.5 Å². The number of amides is 3. The van der Waals surface area contributed by atoms with E-state index in [1.165, 1.54) is 12.1 Å². The summed E-state index contributed by atoms with van der Waals surface area (Å²) in [4.78, 5) is 40.8.